The van der Waals surface area contributed by atoms with Crippen LogP contribution < -0.4 is 5.50 Å². The lowest BCUT2D eigenvalue weighted by Gasteiger charge is -2.15. The summed E-state index contributed by atoms with van der Waals surface area (Å²) in [5.74, 6) is 0. The van der Waals surface area contributed by atoms with E-state index in [-0.39, 0.29) is 12.2 Å². The summed E-state index contributed by atoms with van der Waals surface area (Å²) in [6.45, 7) is 4.50. The van der Waals surface area contributed by atoms with Crippen LogP contribution in [0.4, 0.5) is 0 Å². The largest absolute Gasteiger partial charge is 0.403 e. The SMILES string of the molecule is CCCCC/C=C\C/C=C\CCCCCCCC1OP(N)(=O)OC1CCCCCCC/C=C\C/C=C\CCCCC. The van der Waals surface area contributed by atoms with Gasteiger partial charge in [0.2, 0.25) is 0 Å². The highest BCUT2D eigenvalue weighted by molar-refractivity contribution is 7.51. The van der Waals surface area contributed by atoms with E-state index in [0.29, 0.717) is 0 Å². The molecule has 0 aromatic rings. The van der Waals surface area contributed by atoms with Gasteiger partial charge in [0.05, 0.1) is 12.2 Å². The summed E-state index contributed by atoms with van der Waals surface area (Å²) in [5, 5.41) is 0. The zero-order valence-corrected chi connectivity index (χ0v) is 27.9. The molecular weight excluding hydrogens is 525 g/mol. The lowest BCUT2D eigenvalue weighted by atomic mass is 9.99. The summed E-state index contributed by atoms with van der Waals surface area (Å²) in [6.07, 6.45) is 47.0. The predicted octanol–water partition coefficient (Wildman–Crippen LogP) is 12.5. The van der Waals surface area contributed by atoms with E-state index in [4.69, 9.17) is 14.6 Å². The van der Waals surface area contributed by atoms with Gasteiger partial charge in [-0.25, -0.2) is 10.1 Å². The first kappa shape index (κ1) is 38.1. The second-order valence-electron chi connectivity index (χ2n) is 11.9. The Bertz CT molecular complexity index is 687. The van der Waals surface area contributed by atoms with Crippen molar-refractivity contribution < 1.29 is 13.6 Å². The van der Waals surface area contributed by atoms with Crippen molar-refractivity contribution in [2.24, 2.45) is 5.50 Å². The third kappa shape index (κ3) is 24.2. The van der Waals surface area contributed by atoms with E-state index < -0.39 is 7.75 Å². The van der Waals surface area contributed by atoms with Gasteiger partial charge < -0.3 is 0 Å². The van der Waals surface area contributed by atoms with Crippen LogP contribution in [0.25, 0.3) is 0 Å². The average Bonchev–Trinajstić information content (AvgIpc) is 3.25. The van der Waals surface area contributed by atoms with Crippen LogP contribution in [0.15, 0.2) is 48.6 Å². The van der Waals surface area contributed by atoms with E-state index in [0.717, 1.165) is 38.5 Å². The van der Waals surface area contributed by atoms with E-state index in [9.17, 15) is 4.57 Å². The number of unbranched alkanes of at least 4 members (excludes halogenated alkanes) is 16. The van der Waals surface area contributed by atoms with Gasteiger partial charge in [0.25, 0.3) is 0 Å². The van der Waals surface area contributed by atoms with Gasteiger partial charge in [0, 0.05) is 0 Å². The molecule has 0 radical (unpaired) electrons. The van der Waals surface area contributed by atoms with Gasteiger partial charge in [0.1, 0.15) is 0 Å². The van der Waals surface area contributed by atoms with Crippen molar-refractivity contribution in [3.63, 3.8) is 0 Å². The number of hydrogen-bond donors (Lipinski definition) is 1. The number of nitrogens with two attached hydrogens (primary N) is 1. The summed E-state index contributed by atoms with van der Waals surface area (Å²) in [5.41, 5.74) is 5.76. The molecule has 1 fully saturated rings. The number of rotatable bonds is 28. The first-order valence-corrected chi connectivity index (χ1v) is 19.1. The molecule has 2 N–H and O–H groups in total. The quantitative estimate of drug-likeness (QED) is 0.0558. The Labute approximate surface area is 255 Å². The van der Waals surface area contributed by atoms with Crippen molar-refractivity contribution in [2.75, 3.05) is 0 Å². The molecule has 0 spiro atoms. The minimum absolute atomic E-state index is 0.102. The fourth-order valence-electron chi connectivity index (χ4n) is 5.33. The predicted molar refractivity (Wildman–Crippen MR) is 180 cm³/mol. The Kier molecular flexibility index (Phi) is 25.9. The molecule has 2 atom stereocenters. The van der Waals surface area contributed by atoms with Gasteiger partial charge in [0.15, 0.2) is 0 Å². The molecular formula is C36H66NO3P. The molecule has 4 nitrogen and oxygen atoms in total. The number of allylic oxidation sites excluding steroid dienone is 8. The van der Waals surface area contributed by atoms with Crippen molar-refractivity contribution in [1.29, 1.82) is 0 Å². The fraction of sp³-hybridized carbons (Fsp3) is 0.778. The molecule has 238 valence electrons. The lowest BCUT2D eigenvalue weighted by molar-refractivity contribution is 0.133. The van der Waals surface area contributed by atoms with Crippen molar-refractivity contribution in [3.05, 3.63) is 48.6 Å². The van der Waals surface area contributed by atoms with Crippen LogP contribution in [-0.2, 0) is 13.6 Å². The van der Waals surface area contributed by atoms with E-state index in [1.54, 1.807) is 0 Å². The summed E-state index contributed by atoms with van der Waals surface area (Å²) >= 11 is 0. The van der Waals surface area contributed by atoms with E-state index >= 15 is 0 Å². The topological polar surface area (TPSA) is 61.5 Å². The fourth-order valence-corrected chi connectivity index (χ4v) is 6.62. The molecule has 0 aromatic heterocycles. The van der Waals surface area contributed by atoms with Crippen molar-refractivity contribution >= 4 is 7.75 Å². The second-order valence-corrected chi connectivity index (χ2v) is 13.4. The molecule has 1 rings (SSSR count). The van der Waals surface area contributed by atoms with Crippen LogP contribution in [-0.4, -0.2) is 12.2 Å². The van der Waals surface area contributed by atoms with Crippen LogP contribution in [0, 0.1) is 0 Å². The molecule has 0 bridgehead atoms. The summed E-state index contributed by atoms with van der Waals surface area (Å²) in [7, 11) is -3.36. The molecule has 2 unspecified atom stereocenters. The maximum atomic E-state index is 12.3. The molecule has 0 aliphatic carbocycles. The molecule has 1 saturated heterocycles. The Morgan fingerprint density at radius 3 is 1.17 bits per heavy atom. The van der Waals surface area contributed by atoms with Gasteiger partial charge >= 0.3 is 7.75 Å². The van der Waals surface area contributed by atoms with Gasteiger partial charge in [-0.15, -0.1) is 0 Å². The first-order valence-electron chi connectivity index (χ1n) is 17.4. The van der Waals surface area contributed by atoms with Gasteiger partial charge in [-0.05, 0) is 77.0 Å². The first-order chi connectivity index (χ1) is 20.1. The highest BCUT2D eigenvalue weighted by Gasteiger charge is 2.41. The van der Waals surface area contributed by atoms with Crippen molar-refractivity contribution in [3.8, 4) is 0 Å². The van der Waals surface area contributed by atoms with Crippen LogP contribution >= 0.6 is 7.75 Å². The van der Waals surface area contributed by atoms with Crippen molar-refractivity contribution in [1.82, 2.24) is 0 Å². The van der Waals surface area contributed by atoms with Crippen LogP contribution in [0.3, 0.4) is 0 Å². The summed E-state index contributed by atoms with van der Waals surface area (Å²) < 4.78 is 23.5. The van der Waals surface area contributed by atoms with Gasteiger partial charge in [-0.2, -0.15) is 0 Å². The van der Waals surface area contributed by atoms with Crippen LogP contribution in [0.5, 0.6) is 0 Å². The summed E-state index contributed by atoms with van der Waals surface area (Å²) in [6, 6.07) is 0. The summed E-state index contributed by atoms with van der Waals surface area (Å²) in [4.78, 5) is 0. The Balaban J connectivity index is 2.01. The molecule has 41 heavy (non-hydrogen) atoms. The van der Waals surface area contributed by atoms with E-state index in [2.05, 4.69) is 62.5 Å². The Morgan fingerprint density at radius 1 is 0.488 bits per heavy atom. The molecule has 1 aliphatic rings. The Hall–Kier alpha value is -0.930. The third-order valence-electron chi connectivity index (χ3n) is 7.86. The van der Waals surface area contributed by atoms with Gasteiger partial charge in [-0.1, -0.05) is 140 Å². The smallest absolute Gasteiger partial charge is 0.291 e. The van der Waals surface area contributed by atoms with Gasteiger partial charge in [-0.3, -0.25) is 9.05 Å². The molecule has 0 saturated carbocycles. The second kappa shape index (κ2) is 27.9. The normalized spacial score (nSPS) is 21.5. The molecule has 5 heteroatoms. The highest BCUT2D eigenvalue weighted by atomic mass is 31.2. The van der Waals surface area contributed by atoms with E-state index in [1.807, 2.05) is 0 Å². The molecule has 1 heterocycles. The standard InChI is InChI=1S/C36H66NO3P/c1-3-5-7-9-11-13-15-17-19-21-23-25-27-29-31-33-35-36(40-41(37,38)39-35)34-32-30-28-26-24-22-20-18-16-14-12-10-8-6-4-2/h11-14,17-20,35-36H,3-10,15-16,21-34H2,1-2H3,(H2,37,38)/b13-11-,14-12-,19-17-,20-18-. The molecule has 0 amide bonds. The number of hydrogen-bond acceptors (Lipinski definition) is 3. The van der Waals surface area contributed by atoms with Crippen LogP contribution in [0.2, 0.25) is 0 Å². The maximum absolute atomic E-state index is 12.3. The van der Waals surface area contributed by atoms with E-state index in [1.165, 1.54) is 116 Å². The average molecular weight is 592 g/mol. The minimum atomic E-state index is -3.36. The molecule has 1 aliphatic heterocycles. The monoisotopic (exact) mass is 591 g/mol. The third-order valence-corrected chi connectivity index (χ3v) is 8.99. The Morgan fingerprint density at radius 2 is 0.805 bits per heavy atom. The zero-order valence-electron chi connectivity index (χ0n) is 27.0. The lowest BCUT2D eigenvalue weighted by Crippen LogP contribution is -2.22. The highest BCUT2D eigenvalue weighted by Crippen LogP contribution is 2.51. The minimum Gasteiger partial charge on any atom is -0.291 e. The molecule has 0 aromatic carbocycles. The zero-order chi connectivity index (χ0) is 29.7. The van der Waals surface area contributed by atoms with Crippen molar-refractivity contribution in [2.45, 2.75) is 180 Å². The maximum Gasteiger partial charge on any atom is 0.403 e. The van der Waals surface area contributed by atoms with Crippen LogP contribution in [0.1, 0.15) is 168 Å².